The number of aryl methyl sites for hydroxylation is 6. The lowest BCUT2D eigenvalue weighted by Crippen LogP contribution is -2.15. The highest BCUT2D eigenvalue weighted by molar-refractivity contribution is 5.90. The van der Waals surface area contributed by atoms with Crippen molar-refractivity contribution in [1.82, 2.24) is 0 Å². The van der Waals surface area contributed by atoms with Crippen molar-refractivity contribution in [3.05, 3.63) is 292 Å². The molecule has 0 bridgehead atoms. The first-order chi connectivity index (χ1) is 36.4. The molecule has 0 spiro atoms. The quantitative estimate of drug-likeness (QED) is 0.156. The topological polar surface area (TPSA) is 0 Å². The number of hydrogen-bond acceptors (Lipinski definition) is 0. The van der Waals surface area contributed by atoms with Crippen molar-refractivity contribution in [1.29, 1.82) is 0 Å². The molecule has 0 fully saturated rings. The molecule has 4 aliphatic carbocycles. The summed E-state index contributed by atoms with van der Waals surface area (Å²) in [6.07, 6.45) is 25.6. The van der Waals surface area contributed by atoms with E-state index >= 15 is 0 Å². The Morgan fingerprint density at radius 3 is 1.35 bits per heavy atom. The first kappa shape index (κ1) is 52.1. The number of hydrogen-bond donors (Lipinski definition) is 0. The van der Waals surface area contributed by atoms with E-state index in [9.17, 15) is 0 Å². The van der Waals surface area contributed by atoms with E-state index in [0.29, 0.717) is 0 Å². The molecule has 0 aliphatic heterocycles. The molecule has 4 aliphatic rings. The van der Waals surface area contributed by atoms with Gasteiger partial charge in [-0.2, -0.15) is 0 Å². The van der Waals surface area contributed by atoms with Crippen molar-refractivity contribution in [2.24, 2.45) is 0 Å². The van der Waals surface area contributed by atoms with Crippen LogP contribution in [0.5, 0.6) is 0 Å². The third-order valence-electron chi connectivity index (χ3n) is 15.0. The number of fused-ring (bicyclic) bond motifs is 3. The van der Waals surface area contributed by atoms with E-state index < -0.39 is 0 Å². The van der Waals surface area contributed by atoms with E-state index in [0.717, 1.165) is 12.8 Å². The van der Waals surface area contributed by atoms with Crippen LogP contribution in [0.15, 0.2) is 236 Å². The third kappa shape index (κ3) is 12.8. The van der Waals surface area contributed by atoms with Gasteiger partial charge in [-0.15, -0.1) is 0 Å². The van der Waals surface area contributed by atoms with Crippen LogP contribution in [0.2, 0.25) is 0 Å². The molecule has 0 saturated carbocycles. The maximum absolute atomic E-state index is 2.44. The van der Waals surface area contributed by atoms with Crippen LogP contribution >= 0.6 is 0 Å². The highest BCUT2D eigenvalue weighted by atomic mass is 14.4. The van der Waals surface area contributed by atoms with Crippen LogP contribution in [0.1, 0.15) is 108 Å². The summed E-state index contributed by atoms with van der Waals surface area (Å²) in [6.45, 7) is 17.7. The van der Waals surface area contributed by atoms with Gasteiger partial charge in [-0.25, -0.2) is 0 Å². The molecule has 75 heavy (non-hydrogen) atoms. The van der Waals surface area contributed by atoms with Crippen LogP contribution in [-0.2, 0) is 5.41 Å². The van der Waals surface area contributed by atoms with Crippen LogP contribution in [0, 0.1) is 41.5 Å². The Labute approximate surface area is 450 Å². The van der Waals surface area contributed by atoms with Gasteiger partial charge in [0.1, 0.15) is 0 Å². The second-order valence-corrected chi connectivity index (χ2v) is 21.4. The van der Waals surface area contributed by atoms with Crippen molar-refractivity contribution in [3.63, 3.8) is 0 Å². The summed E-state index contributed by atoms with van der Waals surface area (Å²) in [6, 6.07) is 65.8. The van der Waals surface area contributed by atoms with Gasteiger partial charge in [-0.3, -0.25) is 0 Å². The maximum atomic E-state index is 2.44. The van der Waals surface area contributed by atoms with E-state index in [1.165, 1.54) is 143 Å². The monoisotopic (exact) mass is 975 g/mol. The van der Waals surface area contributed by atoms with Crippen LogP contribution in [0.25, 0.3) is 61.2 Å². The molecule has 0 saturated heterocycles. The molecule has 12 rings (SSSR count). The van der Waals surface area contributed by atoms with Gasteiger partial charge in [0.25, 0.3) is 0 Å². The van der Waals surface area contributed by atoms with E-state index in [-0.39, 0.29) is 5.41 Å². The highest BCUT2D eigenvalue weighted by Crippen LogP contribution is 2.51. The van der Waals surface area contributed by atoms with E-state index in [1.54, 1.807) is 5.57 Å². The summed E-state index contributed by atoms with van der Waals surface area (Å²) < 4.78 is 0. The molecule has 0 unspecified atom stereocenters. The van der Waals surface area contributed by atoms with Crippen LogP contribution in [0.3, 0.4) is 0 Å². The van der Waals surface area contributed by atoms with Crippen molar-refractivity contribution in [3.8, 4) is 44.5 Å². The fourth-order valence-corrected chi connectivity index (χ4v) is 11.0. The molecule has 0 atom stereocenters. The first-order valence-corrected chi connectivity index (χ1v) is 27.3. The first-order valence-electron chi connectivity index (χ1n) is 27.3. The predicted molar refractivity (Wildman–Crippen MR) is 327 cm³/mol. The molecule has 0 aromatic heterocycles. The Balaban J connectivity index is 0.000000123. The van der Waals surface area contributed by atoms with E-state index in [4.69, 9.17) is 0 Å². The minimum Gasteiger partial charge on any atom is -0.0836 e. The summed E-state index contributed by atoms with van der Waals surface area (Å²) >= 11 is 0. The van der Waals surface area contributed by atoms with E-state index in [2.05, 4.69) is 286 Å². The van der Waals surface area contributed by atoms with Gasteiger partial charge < -0.3 is 0 Å². The van der Waals surface area contributed by atoms with Crippen LogP contribution in [0.4, 0.5) is 0 Å². The molecule has 0 nitrogen and oxygen atoms in total. The summed E-state index contributed by atoms with van der Waals surface area (Å²) in [5.74, 6) is 0. The highest BCUT2D eigenvalue weighted by Gasteiger charge is 2.38. The number of rotatable bonds is 6. The van der Waals surface area contributed by atoms with Crippen molar-refractivity contribution in [2.45, 2.75) is 99.3 Å². The smallest absolute Gasteiger partial charge is 0.0155 e. The second kappa shape index (κ2) is 24.0. The number of benzene rings is 8. The lowest BCUT2D eigenvalue weighted by molar-refractivity contribution is 0.654. The largest absolute Gasteiger partial charge is 0.0836 e. The van der Waals surface area contributed by atoms with Gasteiger partial charge in [0.2, 0.25) is 0 Å². The zero-order valence-corrected chi connectivity index (χ0v) is 45.7. The van der Waals surface area contributed by atoms with Gasteiger partial charge >= 0.3 is 0 Å². The molecular formula is C75H74. The Bertz CT molecular complexity index is 3350. The standard InChI is InChI=1S/C21H20.2C19H18.C16H18/c1-15-8-11-18(12-9-15)19-13-10-17(3)21(14-19)20-7-5-4-6-16(20)2;2*1-15-12-18(16-8-4-2-5-9-16)14-19(13-15)17-10-6-3-7-11-17;1-11-8-9-15-13(10-11)12-6-4-5-7-14(12)16(15,2)3/h4-14H,1-3H3;2*2,4-6,8-14H,3,7H2,1H3;6-10H,4-5H2,1-3H3. The zero-order valence-electron chi connectivity index (χ0n) is 45.7. The average molecular weight is 975 g/mol. The summed E-state index contributed by atoms with van der Waals surface area (Å²) in [5, 5.41) is 0. The third-order valence-corrected chi connectivity index (χ3v) is 15.0. The normalized spacial score (nSPS) is 14.7. The minimum atomic E-state index is 0.204. The SMILES string of the molecule is Cc1cc(C2=CCCC=C2)cc(-c2ccccc2)c1.Cc1cc(C2=CCCC=C2)cc(-c2ccccc2)c1.Cc1ccc(-c2ccc(C)c(-c3ccccc3C)c2)cc1.Cc1ccc2c(c1)C1=CCCC=C1C2(C)C. The summed E-state index contributed by atoms with van der Waals surface area (Å²) in [5.41, 5.74) is 29.9. The second-order valence-electron chi connectivity index (χ2n) is 21.4. The van der Waals surface area contributed by atoms with Crippen LogP contribution in [-0.4, -0.2) is 0 Å². The van der Waals surface area contributed by atoms with Gasteiger partial charge in [0.15, 0.2) is 0 Å². The van der Waals surface area contributed by atoms with Crippen molar-refractivity contribution < 1.29 is 0 Å². The fourth-order valence-electron chi connectivity index (χ4n) is 11.0. The Morgan fingerprint density at radius 2 is 0.787 bits per heavy atom. The molecule has 0 heteroatoms. The van der Waals surface area contributed by atoms with Gasteiger partial charge in [-0.05, 0) is 210 Å². The summed E-state index contributed by atoms with van der Waals surface area (Å²) in [7, 11) is 0. The molecule has 8 aromatic carbocycles. The predicted octanol–water partition coefficient (Wildman–Crippen LogP) is 21.1. The van der Waals surface area contributed by atoms with E-state index in [1.807, 2.05) is 0 Å². The average Bonchev–Trinajstić information content (AvgIpc) is 3.67. The molecule has 0 N–H and O–H groups in total. The number of allylic oxidation sites excluding steroid dienone is 12. The molecule has 0 heterocycles. The van der Waals surface area contributed by atoms with Gasteiger partial charge in [0, 0.05) is 5.41 Å². The Morgan fingerprint density at radius 1 is 0.307 bits per heavy atom. The lowest BCUT2D eigenvalue weighted by Gasteiger charge is -2.23. The molecule has 374 valence electrons. The molecule has 0 radical (unpaired) electrons. The Hall–Kier alpha value is -7.80. The molecule has 8 aromatic rings. The zero-order chi connectivity index (χ0) is 52.3. The summed E-state index contributed by atoms with van der Waals surface area (Å²) in [4.78, 5) is 0. The van der Waals surface area contributed by atoms with Gasteiger partial charge in [-0.1, -0.05) is 237 Å². The molecular weight excluding hydrogens is 901 g/mol. The van der Waals surface area contributed by atoms with Gasteiger partial charge in [0.05, 0.1) is 0 Å². The fraction of sp³-hybridized carbons (Fsp3) is 0.200. The lowest BCUT2D eigenvalue weighted by atomic mass is 9.80. The maximum Gasteiger partial charge on any atom is 0.0155 e. The minimum absolute atomic E-state index is 0.204. The van der Waals surface area contributed by atoms with Crippen molar-refractivity contribution in [2.75, 3.05) is 0 Å². The Kier molecular flexibility index (Phi) is 16.7. The van der Waals surface area contributed by atoms with Crippen LogP contribution < -0.4 is 0 Å². The van der Waals surface area contributed by atoms with Crippen molar-refractivity contribution >= 4 is 16.7 Å². The molecule has 0 amide bonds.